The van der Waals surface area contributed by atoms with Crippen molar-refractivity contribution in [2.45, 2.75) is 4.90 Å². The maximum Gasteiger partial charge on any atom is 0.265 e. The van der Waals surface area contributed by atoms with Gasteiger partial charge in [0.1, 0.15) is 16.4 Å². The predicted molar refractivity (Wildman–Crippen MR) is 128 cm³/mol. The highest BCUT2D eigenvalue weighted by Crippen LogP contribution is 2.29. The molecule has 0 fully saturated rings. The van der Waals surface area contributed by atoms with Crippen molar-refractivity contribution < 1.29 is 22.7 Å². The van der Waals surface area contributed by atoms with Crippen LogP contribution in [0.3, 0.4) is 0 Å². The summed E-state index contributed by atoms with van der Waals surface area (Å²) in [4.78, 5) is 12.6. The van der Waals surface area contributed by atoms with E-state index in [1.54, 1.807) is 77.7 Å². The van der Waals surface area contributed by atoms with Crippen LogP contribution in [0.15, 0.2) is 90.1 Å². The molecule has 0 aliphatic heterocycles. The van der Waals surface area contributed by atoms with E-state index in [9.17, 15) is 13.2 Å². The number of carbonyl (C=O) groups excluding carboxylic acids is 1. The molecule has 0 saturated carbocycles. The van der Waals surface area contributed by atoms with Gasteiger partial charge in [0.15, 0.2) is 0 Å². The highest BCUT2D eigenvalue weighted by atomic mass is 32.2. The fraction of sp³-hybridized carbons (Fsp3) is 0.0833. The summed E-state index contributed by atoms with van der Waals surface area (Å²) >= 11 is 0. The van der Waals surface area contributed by atoms with Crippen molar-refractivity contribution in [1.29, 1.82) is 0 Å². The molecule has 4 rings (SSSR count). The molecule has 3 aromatic carbocycles. The van der Waals surface area contributed by atoms with Crippen molar-refractivity contribution in [3.63, 3.8) is 0 Å². The zero-order valence-corrected chi connectivity index (χ0v) is 19.2. The van der Waals surface area contributed by atoms with Gasteiger partial charge >= 0.3 is 0 Å². The lowest BCUT2D eigenvalue weighted by molar-refractivity contribution is 0.102. The summed E-state index contributed by atoms with van der Waals surface area (Å²) in [6.07, 6.45) is 3.47. The standard InChI is InChI=1S/C24H22N4O5S/c1-32-21-11-6-18(7-12-21)27-34(30,31)23-16-19(8-13-22(23)33-2)26-24(29)17-4-9-20(10-5-17)28-15-3-14-25-28/h3-16,27H,1-2H3,(H,26,29). The third-order valence-corrected chi connectivity index (χ3v) is 6.35. The second-order valence-corrected chi connectivity index (χ2v) is 8.80. The third-order valence-electron chi connectivity index (χ3n) is 4.95. The van der Waals surface area contributed by atoms with E-state index in [-0.39, 0.29) is 16.6 Å². The molecular formula is C24H22N4O5S. The number of rotatable bonds is 8. The molecule has 4 aromatic rings. The van der Waals surface area contributed by atoms with E-state index in [1.807, 2.05) is 0 Å². The molecule has 1 amide bonds. The Morgan fingerprint density at radius 1 is 0.912 bits per heavy atom. The minimum absolute atomic E-state index is 0.113. The number of ether oxygens (including phenoxy) is 2. The topological polar surface area (TPSA) is 112 Å². The second kappa shape index (κ2) is 9.67. The van der Waals surface area contributed by atoms with Gasteiger partial charge in [-0.05, 0) is 72.8 Å². The lowest BCUT2D eigenvalue weighted by Crippen LogP contribution is -2.16. The molecule has 9 nitrogen and oxygen atoms in total. The Bertz CT molecular complexity index is 1380. The molecule has 0 saturated heterocycles. The summed E-state index contributed by atoms with van der Waals surface area (Å²) in [5.74, 6) is 0.356. The number of hydrogen-bond donors (Lipinski definition) is 2. The summed E-state index contributed by atoms with van der Waals surface area (Å²) in [5.41, 5.74) is 1.88. The SMILES string of the molecule is COc1ccc(NS(=O)(=O)c2cc(NC(=O)c3ccc(-n4cccn4)cc3)ccc2OC)cc1. The van der Waals surface area contributed by atoms with Gasteiger partial charge in [0.2, 0.25) is 0 Å². The molecule has 2 N–H and O–H groups in total. The predicted octanol–water partition coefficient (Wildman–Crippen LogP) is 3.94. The van der Waals surface area contributed by atoms with Crippen molar-refractivity contribution in [3.8, 4) is 17.2 Å². The summed E-state index contributed by atoms with van der Waals surface area (Å²) in [7, 11) is -1.10. The minimum Gasteiger partial charge on any atom is -0.497 e. The average molecular weight is 479 g/mol. The first kappa shape index (κ1) is 22.9. The van der Waals surface area contributed by atoms with E-state index < -0.39 is 10.0 Å². The van der Waals surface area contributed by atoms with Gasteiger partial charge < -0.3 is 14.8 Å². The Morgan fingerprint density at radius 2 is 1.62 bits per heavy atom. The van der Waals surface area contributed by atoms with Gasteiger partial charge in [-0.2, -0.15) is 5.10 Å². The molecule has 0 bridgehead atoms. The van der Waals surface area contributed by atoms with Crippen LogP contribution in [0, 0.1) is 0 Å². The first-order valence-corrected chi connectivity index (χ1v) is 11.6. The minimum atomic E-state index is -4.01. The van der Waals surface area contributed by atoms with Gasteiger partial charge in [-0.1, -0.05) is 0 Å². The van der Waals surface area contributed by atoms with Gasteiger partial charge in [-0.15, -0.1) is 0 Å². The van der Waals surface area contributed by atoms with Crippen molar-refractivity contribution in [2.75, 3.05) is 24.3 Å². The molecule has 0 spiro atoms. The van der Waals surface area contributed by atoms with E-state index in [2.05, 4.69) is 15.1 Å². The molecule has 0 radical (unpaired) electrons. The molecule has 1 heterocycles. The van der Waals surface area contributed by atoms with Crippen molar-refractivity contribution >= 4 is 27.3 Å². The summed E-state index contributed by atoms with van der Waals surface area (Å²) in [6.45, 7) is 0. The lowest BCUT2D eigenvalue weighted by Gasteiger charge is -2.14. The smallest absolute Gasteiger partial charge is 0.265 e. The Balaban J connectivity index is 1.54. The Kier molecular flexibility index (Phi) is 6.51. The van der Waals surface area contributed by atoms with Crippen LogP contribution in [0.1, 0.15) is 10.4 Å². The molecule has 0 unspecified atom stereocenters. The van der Waals surface area contributed by atoms with Crippen LogP contribution in [-0.4, -0.2) is 38.3 Å². The molecule has 174 valence electrons. The molecule has 0 atom stereocenters. The van der Waals surface area contributed by atoms with Gasteiger partial charge in [0.25, 0.3) is 15.9 Å². The molecule has 1 aromatic heterocycles. The van der Waals surface area contributed by atoms with E-state index >= 15 is 0 Å². The monoisotopic (exact) mass is 478 g/mol. The van der Waals surface area contributed by atoms with Crippen LogP contribution in [0.4, 0.5) is 11.4 Å². The maximum atomic E-state index is 13.1. The third kappa shape index (κ3) is 5.02. The van der Waals surface area contributed by atoms with Crippen LogP contribution >= 0.6 is 0 Å². The first-order chi connectivity index (χ1) is 16.4. The van der Waals surface area contributed by atoms with E-state index in [0.29, 0.717) is 22.7 Å². The number of aromatic nitrogens is 2. The number of anilines is 2. The van der Waals surface area contributed by atoms with Crippen LogP contribution in [0.5, 0.6) is 11.5 Å². The van der Waals surface area contributed by atoms with E-state index in [4.69, 9.17) is 9.47 Å². The summed E-state index contributed by atoms with van der Waals surface area (Å²) in [5, 5.41) is 6.88. The highest BCUT2D eigenvalue weighted by molar-refractivity contribution is 7.92. The van der Waals surface area contributed by atoms with Gasteiger partial charge in [0.05, 0.1) is 19.9 Å². The fourth-order valence-corrected chi connectivity index (χ4v) is 4.48. The van der Waals surface area contributed by atoms with Crippen molar-refractivity contribution in [1.82, 2.24) is 9.78 Å². The normalized spacial score (nSPS) is 11.0. The Labute approximate surface area is 197 Å². The first-order valence-electron chi connectivity index (χ1n) is 10.2. The van der Waals surface area contributed by atoms with Crippen molar-refractivity contribution in [2.24, 2.45) is 0 Å². The number of carbonyl (C=O) groups is 1. The van der Waals surface area contributed by atoms with Gasteiger partial charge in [0, 0.05) is 29.3 Å². The Hall–Kier alpha value is -4.31. The number of benzene rings is 3. The number of sulfonamides is 1. The summed E-state index contributed by atoms with van der Waals surface area (Å²) < 4.78 is 40.6. The second-order valence-electron chi connectivity index (χ2n) is 7.15. The van der Waals surface area contributed by atoms with Gasteiger partial charge in [-0.3, -0.25) is 9.52 Å². The number of nitrogens with one attached hydrogen (secondary N) is 2. The summed E-state index contributed by atoms with van der Waals surface area (Å²) in [6, 6.07) is 19.5. The average Bonchev–Trinajstić information content (AvgIpc) is 3.39. The largest absolute Gasteiger partial charge is 0.497 e. The highest BCUT2D eigenvalue weighted by Gasteiger charge is 2.21. The number of hydrogen-bond acceptors (Lipinski definition) is 6. The van der Waals surface area contributed by atoms with Gasteiger partial charge in [-0.25, -0.2) is 13.1 Å². The van der Waals surface area contributed by atoms with Crippen LogP contribution in [-0.2, 0) is 10.0 Å². The van der Waals surface area contributed by atoms with Crippen LogP contribution in [0.2, 0.25) is 0 Å². The maximum absolute atomic E-state index is 13.1. The Morgan fingerprint density at radius 3 is 2.24 bits per heavy atom. The van der Waals surface area contributed by atoms with Crippen LogP contribution < -0.4 is 19.5 Å². The molecule has 0 aliphatic rings. The van der Waals surface area contributed by atoms with E-state index in [1.165, 1.54) is 26.4 Å². The quantitative estimate of drug-likeness (QED) is 0.397. The molecule has 10 heteroatoms. The number of methoxy groups -OCH3 is 2. The fourth-order valence-electron chi connectivity index (χ4n) is 3.22. The number of nitrogens with zero attached hydrogens (tertiary/aromatic N) is 2. The van der Waals surface area contributed by atoms with Crippen molar-refractivity contribution in [3.05, 3.63) is 90.8 Å². The molecule has 34 heavy (non-hydrogen) atoms. The van der Waals surface area contributed by atoms with Crippen LogP contribution in [0.25, 0.3) is 5.69 Å². The van der Waals surface area contributed by atoms with E-state index in [0.717, 1.165) is 5.69 Å². The lowest BCUT2D eigenvalue weighted by atomic mass is 10.2. The number of amides is 1. The zero-order chi connectivity index (χ0) is 24.1. The zero-order valence-electron chi connectivity index (χ0n) is 18.4. The molecule has 0 aliphatic carbocycles. The molecular weight excluding hydrogens is 456 g/mol.